The van der Waals surface area contributed by atoms with Crippen LogP contribution in [0.3, 0.4) is 0 Å². The highest BCUT2D eigenvalue weighted by Crippen LogP contribution is 2.32. The number of nitrogens with one attached hydrogen (secondary N) is 1. The van der Waals surface area contributed by atoms with Crippen LogP contribution in [-0.2, 0) is 0 Å². The number of rotatable bonds is 4. The molecule has 0 spiro atoms. The van der Waals surface area contributed by atoms with E-state index < -0.39 is 0 Å². The molecule has 1 aliphatic rings. The number of fused-ring (bicyclic) bond motifs is 1. The van der Waals surface area contributed by atoms with Crippen LogP contribution in [0.25, 0.3) is 22.2 Å². The van der Waals surface area contributed by atoms with Crippen molar-refractivity contribution in [2.75, 3.05) is 13.1 Å². The normalized spacial score (nSPS) is 18.2. The van der Waals surface area contributed by atoms with E-state index in [1.807, 2.05) is 35.1 Å². The third-order valence-corrected chi connectivity index (χ3v) is 5.61. The molecule has 5 heteroatoms. The summed E-state index contributed by atoms with van der Waals surface area (Å²) in [5.41, 5.74) is 2.23. The maximum absolute atomic E-state index is 4.78. The number of hydrogen-bond donors (Lipinski definition) is 1. The maximum atomic E-state index is 4.78. The number of aromatic nitrogens is 4. The highest BCUT2D eigenvalue weighted by Gasteiger charge is 2.29. The van der Waals surface area contributed by atoms with E-state index in [2.05, 4.69) is 58.1 Å². The van der Waals surface area contributed by atoms with Crippen LogP contribution < -0.4 is 5.32 Å². The minimum Gasteiger partial charge on any atom is -0.316 e. The topological polar surface area (TPSA) is 55.6 Å². The van der Waals surface area contributed by atoms with Gasteiger partial charge in [-0.2, -0.15) is 4.80 Å². The SMILES string of the molecule is c1ccc(-c2nnn(C(c3ccc4ccccc4c3)[C@H]3CCCNC3)n2)cc1. The molecule has 2 heterocycles. The summed E-state index contributed by atoms with van der Waals surface area (Å²) in [6, 6.07) is 25.3. The van der Waals surface area contributed by atoms with Crippen LogP contribution in [-0.4, -0.2) is 33.3 Å². The summed E-state index contributed by atoms with van der Waals surface area (Å²) in [5.74, 6) is 1.11. The minimum atomic E-state index is 0.0716. The van der Waals surface area contributed by atoms with Gasteiger partial charge in [0.15, 0.2) is 0 Å². The van der Waals surface area contributed by atoms with Gasteiger partial charge in [0.2, 0.25) is 5.82 Å². The van der Waals surface area contributed by atoms with E-state index in [4.69, 9.17) is 5.10 Å². The summed E-state index contributed by atoms with van der Waals surface area (Å²) in [4.78, 5) is 1.82. The van der Waals surface area contributed by atoms with E-state index in [-0.39, 0.29) is 6.04 Å². The second-order valence-electron chi connectivity index (χ2n) is 7.46. The van der Waals surface area contributed by atoms with Gasteiger partial charge in [-0.05, 0) is 52.9 Å². The van der Waals surface area contributed by atoms with Gasteiger partial charge >= 0.3 is 0 Å². The van der Waals surface area contributed by atoms with Crippen LogP contribution in [0.1, 0.15) is 24.4 Å². The fraction of sp³-hybridized carbons (Fsp3) is 0.261. The van der Waals surface area contributed by atoms with Gasteiger partial charge in [-0.25, -0.2) is 0 Å². The summed E-state index contributed by atoms with van der Waals surface area (Å²) in [5, 5.41) is 19.6. The maximum Gasteiger partial charge on any atom is 0.204 e. The van der Waals surface area contributed by atoms with Crippen LogP contribution in [0.5, 0.6) is 0 Å². The van der Waals surface area contributed by atoms with Crippen molar-refractivity contribution in [3.63, 3.8) is 0 Å². The van der Waals surface area contributed by atoms with E-state index in [9.17, 15) is 0 Å². The third-order valence-electron chi connectivity index (χ3n) is 5.61. The second-order valence-corrected chi connectivity index (χ2v) is 7.46. The Bertz CT molecular complexity index is 1070. The van der Waals surface area contributed by atoms with Gasteiger partial charge in [-0.15, -0.1) is 10.2 Å². The molecule has 0 saturated carbocycles. The van der Waals surface area contributed by atoms with Crippen molar-refractivity contribution in [1.29, 1.82) is 0 Å². The Balaban J connectivity index is 1.57. The van der Waals surface area contributed by atoms with Crippen LogP contribution in [0.4, 0.5) is 0 Å². The Kier molecular flexibility index (Phi) is 4.59. The number of nitrogens with zero attached hydrogens (tertiary/aromatic N) is 4. The van der Waals surface area contributed by atoms with Crippen LogP contribution in [0.15, 0.2) is 72.8 Å². The van der Waals surface area contributed by atoms with E-state index in [1.165, 1.54) is 22.8 Å². The monoisotopic (exact) mass is 369 g/mol. The Morgan fingerprint density at radius 1 is 0.929 bits per heavy atom. The fourth-order valence-corrected chi connectivity index (χ4v) is 4.18. The Labute approximate surface area is 164 Å². The summed E-state index contributed by atoms with van der Waals surface area (Å²) >= 11 is 0. The first-order valence-electron chi connectivity index (χ1n) is 9.93. The summed E-state index contributed by atoms with van der Waals surface area (Å²) < 4.78 is 0. The number of hydrogen-bond acceptors (Lipinski definition) is 4. The van der Waals surface area contributed by atoms with Crippen molar-refractivity contribution in [3.8, 4) is 11.4 Å². The first-order valence-corrected chi connectivity index (χ1v) is 9.93. The van der Waals surface area contributed by atoms with Crippen LogP contribution in [0.2, 0.25) is 0 Å². The number of benzene rings is 3. The minimum absolute atomic E-state index is 0.0716. The molecule has 5 nitrogen and oxygen atoms in total. The molecule has 140 valence electrons. The summed E-state index contributed by atoms with van der Waals surface area (Å²) in [6.45, 7) is 2.06. The van der Waals surface area contributed by atoms with Gasteiger partial charge in [0, 0.05) is 12.1 Å². The third kappa shape index (κ3) is 3.29. The van der Waals surface area contributed by atoms with Crippen LogP contribution >= 0.6 is 0 Å². The van der Waals surface area contributed by atoms with Crippen LogP contribution in [0, 0.1) is 5.92 Å². The Morgan fingerprint density at radius 3 is 2.57 bits per heavy atom. The zero-order chi connectivity index (χ0) is 18.8. The van der Waals surface area contributed by atoms with Crippen molar-refractivity contribution in [3.05, 3.63) is 78.4 Å². The lowest BCUT2D eigenvalue weighted by Crippen LogP contribution is -2.36. The molecular formula is C23H23N5. The van der Waals surface area contributed by atoms with E-state index in [0.717, 1.165) is 25.1 Å². The molecule has 4 aromatic rings. The van der Waals surface area contributed by atoms with Crippen molar-refractivity contribution >= 4 is 10.8 Å². The molecule has 5 rings (SSSR count). The van der Waals surface area contributed by atoms with Gasteiger partial charge in [0.1, 0.15) is 6.04 Å². The molecule has 0 aliphatic carbocycles. The summed E-state index contributed by atoms with van der Waals surface area (Å²) in [7, 11) is 0. The largest absolute Gasteiger partial charge is 0.316 e. The van der Waals surface area contributed by atoms with Crippen molar-refractivity contribution in [1.82, 2.24) is 25.5 Å². The molecule has 0 amide bonds. The Hall–Kier alpha value is -3.05. The zero-order valence-corrected chi connectivity index (χ0v) is 15.7. The molecule has 1 fully saturated rings. The molecule has 1 N–H and O–H groups in total. The van der Waals surface area contributed by atoms with Gasteiger partial charge < -0.3 is 5.32 Å². The molecule has 28 heavy (non-hydrogen) atoms. The first-order chi connectivity index (χ1) is 13.9. The first kappa shape index (κ1) is 17.1. The molecule has 1 unspecified atom stereocenters. The van der Waals surface area contributed by atoms with Gasteiger partial charge in [-0.3, -0.25) is 0 Å². The lowest BCUT2D eigenvalue weighted by molar-refractivity contribution is 0.261. The molecular weight excluding hydrogens is 346 g/mol. The average molecular weight is 369 g/mol. The predicted molar refractivity (Wildman–Crippen MR) is 111 cm³/mol. The second kappa shape index (κ2) is 7.52. The molecule has 3 aromatic carbocycles. The van der Waals surface area contributed by atoms with E-state index in [0.29, 0.717) is 11.7 Å². The number of piperidine rings is 1. The highest BCUT2D eigenvalue weighted by molar-refractivity contribution is 5.83. The molecule has 1 aromatic heterocycles. The molecule has 0 bridgehead atoms. The summed E-state index contributed by atoms with van der Waals surface area (Å²) in [6.07, 6.45) is 2.34. The van der Waals surface area contributed by atoms with E-state index in [1.54, 1.807) is 0 Å². The zero-order valence-electron chi connectivity index (χ0n) is 15.7. The fourth-order valence-electron chi connectivity index (χ4n) is 4.18. The smallest absolute Gasteiger partial charge is 0.204 e. The average Bonchev–Trinajstić information content (AvgIpc) is 3.25. The Morgan fingerprint density at radius 2 is 1.75 bits per heavy atom. The van der Waals surface area contributed by atoms with Crippen molar-refractivity contribution in [2.45, 2.75) is 18.9 Å². The van der Waals surface area contributed by atoms with Crippen molar-refractivity contribution in [2.24, 2.45) is 5.92 Å². The molecule has 1 aliphatic heterocycles. The van der Waals surface area contributed by atoms with Gasteiger partial charge in [-0.1, -0.05) is 66.7 Å². The lowest BCUT2D eigenvalue weighted by atomic mass is 9.87. The standard InChI is InChI=1S/C23H23N5/c1-2-8-18(9-3-1)23-25-27-28(26-23)22(21-11-6-14-24-16-21)20-13-12-17-7-4-5-10-19(17)15-20/h1-5,7-10,12-13,15,21-22,24H,6,11,14,16H2/t21-,22?/m0/s1. The van der Waals surface area contributed by atoms with Gasteiger partial charge in [0.25, 0.3) is 0 Å². The molecule has 0 radical (unpaired) electrons. The van der Waals surface area contributed by atoms with Gasteiger partial charge in [0.05, 0.1) is 0 Å². The van der Waals surface area contributed by atoms with Crippen molar-refractivity contribution < 1.29 is 0 Å². The predicted octanol–water partition coefficient (Wildman–Crippen LogP) is 4.08. The highest BCUT2D eigenvalue weighted by atomic mass is 15.6. The lowest BCUT2D eigenvalue weighted by Gasteiger charge is -2.30. The number of tetrazole rings is 1. The quantitative estimate of drug-likeness (QED) is 0.589. The van der Waals surface area contributed by atoms with E-state index >= 15 is 0 Å². The molecule has 1 saturated heterocycles. The molecule has 2 atom stereocenters.